The number of hydrogen-bond donors (Lipinski definition) is 3. The third kappa shape index (κ3) is 6.07. The van der Waals surface area contributed by atoms with Gasteiger partial charge in [0.2, 0.25) is 0 Å². The van der Waals surface area contributed by atoms with Gasteiger partial charge in [-0.15, -0.1) is 0 Å². The quantitative estimate of drug-likeness (QED) is 0.689. The van der Waals surface area contributed by atoms with Crippen molar-refractivity contribution in [3.63, 3.8) is 0 Å². The van der Waals surface area contributed by atoms with E-state index in [1.165, 1.54) is 0 Å². The van der Waals surface area contributed by atoms with Crippen molar-refractivity contribution in [2.24, 2.45) is 5.92 Å². The zero-order valence-corrected chi connectivity index (χ0v) is 12.8. The summed E-state index contributed by atoms with van der Waals surface area (Å²) in [6, 6.07) is -0.251. The van der Waals surface area contributed by atoms with E-state index in [1.54, 1.807) is 4.90 Å². The largest absolute Gasteiger partial charge is 0.444 e. The topological polar surface area (TPSA) is 82.0 Å². The minimum atomic E-state index is -0.453. The zero-order valence-electron chi connectivity index (χ0n) is 12.8. The van der Waals surface area contributed by atoms with Crippen molar-refractivity contribution >= 4 is 6.09 Å². The first kappa shape index (κ1) is 17.2. The molecule has 0 atom stereocenters. The standard InChI is InChI=1S/C14H28N2O4/c1-14(2,3)20-13(19)16-6-4-11(5-7-16)8-15-12(9-17)10-18/h11-12,15,17-18H,4-10H2,1-3H3. The van der Waals surface area contributed by atoms with Gasteiger partial charge in [-0.05, 0) is 46.1 Å². The molecule has 1 aliphatic heterocycles. The highest BCUT2D eigenvalue weighted by atomic mass is 16.6. The van der Waals surface area contributed by atoms with Gasteiger partial charge >= 0.3 is 6.09 Å². The fourth-order valence-corrected chi connectivity index (χ4v) is 2.17. The van der Waals surface area contributed by atoms with Crippen LogP contribution in [-0.4, -0.2) is 65.7 Å². The Morgan fingerprint density at radius 1 is 1.30 bits per heavy atom. The maximum Gasteiger partial charge on any atom is 0.410 e. The molecule has 6 heteroatoms. The molecule has 0 aliphatic carbocycles. The smallest absolute Gasteiger partial charge is 0.410 e. The van der Waals surface area contributed by atoms with Crippen LogP contribution < -0.4 is 5.32 Å². The summed E-state index contributed by atoms with van der Waals surface area (Å²) in [5, 5.41) is 21.1. The van der Waals surface area contributed by atoms with Crippen molar-refractivity contribution < 1.29 is 19.7 Å². The average Bonchev–Trinajstić information content (AvgIpc) is 2.38. The number of aliphatic hydroxyl groups excluding tert-OH is 2. The van der Waals surface area contributed by atoms with Gasteiger partial charge in [0.05, 0.1) is 19.3 Å². The number of piperidine rings is 1. The summed E-state index contributed by atoms with van der Waals surface area (Å²) in [7, 11) is 0. The number of ether oxygens (including phenoxy) is 1. The summed E-state index contributed by atoms with van der Waals surface area (Å²) in [6.45, 7) is 7.63. The minimum Gasteiger partial charge on any atom is -0.444 e. The van der Waals surface area contributed by atoms with Gasteiger partial charge in [-0.1, -0.05) is 0 Å². The molecule has 6 nitrogen and oxygen atoms in total. The Kier molecular flexibility index (Phi) is 6.71. The van der Waals surface area contributed by atoms with Crippen LogP contribution in [-0.2, 0) is 4.74 Å². The summed E-state index contributed by atoms with van der Waals surface area (Å²) >= 11 is 0. The van der Waals surface area contributed by atoms with Crippen LogP contribution in [0.5, 0.6) is 0 Å². The summed E-state index contributed by atoms with van der Waals surface area (Å²) < 4.78 is 5.35. The van der Waals surface area contributed by atoms with E-state index in [0.29, 0.717) is 19.0 Å². The lowest BCUT2D eigenvalue weighted by Gasteiger charge is -2.34. The number of carbonyl (C=O) groups is 1. The molecule has 1 saturated heterocycles. The van der Waals surface area contributed by atoms with Crippen LogP contribution in [0.15, 0.2) is 0 Å². The van der Waals surface area contributed by atoms with Gasteiger partial charge in [-0.3, -0.25) is 0 Å². The Labute approximate surface area is 121 Å². The maximum absolute atomic E-state index is 11.9. The molecule has 0 aromatic heterocycles. The van der Waals surface area contributed by atoms with Crippen molar-refractivity contribution in [1.82, 2.24) is 10.2 Å². The molecule has 1 heterocycles. The maximum atomic E-state index is 11.9. The van der Waals surface area contributed by atoms with Gasteiger partial charge in [0.25, 0.3) is 0 Å². The molecule has 3 N–H and O–H groups in total. The number of aliphatic hydroxyl groups is 2. The van der Waals surface area contributed by atoms with E-state index in [9.17, 15) is 4.79 Å². The van der Waals surface area contributed by atoms with E-state index in [0.717, 1.165) is 19.4 Å². The molecule has 0 aromatic carbocycles. The Bertz CT molecular complexity index is 292. The third-order valence-electron chi connectivity index (χ3n) is 3.40. The number of nitrogens with one attached hydrogen (secondary N) is 1. The summed E-state index contributed by atoms with van der Waals surface area (Å²) in [4.78, 5) is 13.6. The van der Waals surface area contributed by atoms with Crippen LogP contribution in [0.2, 0.25) is 0 Å². The van der Waals surface area contributed by atoms with Crippen LogP contribution >= 0.6 is 0 Å². The lowest BCUT2D eigenvalue weighted by Crippen LogP contribution is -2.45. The first-order chi connectivity index (χ1) is 9.35. The van der Waals surface area contributed by atoms with Crippen LogP contribution in [0, 0.1) is 5.92 Å². The minimum absolute atomic E-state index is 0.0622. The number of likely N-dealkylation sites (tertiary alicyclic amines) is 1. The molecule has 0 radical (unpaired) electrons. The van der Waals surface area contributed by atoms with E-state index >= 15 is 0 Å². The van der Waals surface area contributed by atoms with Crippen LogP contribution in [0.1, 0.15) is 33.6 Å². The number of hydrogen-bond acceptors (Lipinski definition) is 5. The van der Waals surface area contributed by atoms with Crippen molar-refractivity contribution in [3.8, 4) is 0 Å². The molecular weight excluding hydrogens is 260 g/mol. The van der Waals surface area contributed by atoms with E-state index in [1.807, 2.05) is 20.8 Å². The third-order valence-corrected chi connectivity index (χ3v) is 3.40. The molecular formula is C14H28N2O4. The molecule has 0 aromatic rings. The highest BCUT2D eigenvalue weighted by Gasteiger charge is 2.26. The van der Waals surface area contributed by atoms with Gasteiger partial charge in [0.15, 0.2) is 0 Å². The van der Waals surface area contributed by atoms with E-state index in [4.69, 9.17) is 14.9 Å². The lowest BCUT2D eigenvalue weighted by atomic mass is 9.97. The first-order valence-electron chi connectivity index (χ1n) is 7.28. The van der Waals surface area contributed by atoms with Crippen molar-refractivity contribution in [3.05, 3.63) is 0 Å². The van der Waals surface area contributed by atoms with Gasteiger partial charge in [-0.25, -0.2) is 4.79 Å². The number of carbonyl (C=O) groups excluding carboxylic acids is 1. The van der Waals surface area contributed by atoms with Crippen molar-refractivity contribution in [2.75, 3.05) is 32.8 Å². The van der Waals surface area contributed by atoms with Gasteiger partial charge in [-0.2, -0.15) is 0 Å². The molecule has 1 rings (SSSR count). The molecule has 0 bridgehead atoms. The van der Waals surface area contributed by atoms with E-state index in [-0.39, 0.29) is 25.3 Å². The fourth-order valence-electron chi connectivity index (χ4n) is 2.17. The second-order valence-corrected chi connectivity index (χ2v) is 6.38. The second kappa shape index (κ2) is 7.81. The van der Waals surface area contributed by atoms with Crippen LogP contribution in [0.4, 0.5) is 4.79 Å². The predicted molar refractivity (Wildman–Crippen MR) is 76.5 cm³/mol. The summed E-state index contributed by atoms with van der Waals surface area (Å²) in [5.41, 5.74) is -0.453. The number of rotatable bonds is 5. The van der Waals surface area contributed by atoms with Crippen LogP contribution in [0.25, 0.3) is 0 Å². The van der Waals surface area contributed by atoms with Crippen molar-refractivity contribution in [2.45, 2.75) is 45.3 Å². The second-order valence-electron chi connectivity index (χ2n) is 6.38. The molecule has 118 valence electrons. The molecule has 1 amide bonds. The SMILES string of the molecule is CC(C)(C)OC(=O)N1CCC(CNC(CO)CO)CC1. The monoisotopic (exact) mass is 288 g/mol. The fraction of sp³-hybridized carbons (Fsp3) is 0.929. The molecule has 20 heavy (non-hydrogen) atoms. The van der Waals surface area contributed by atoms with Crippen molar-refractivity contribution in [1.29, 1.82) is 0 Å². The molecule has 0 spiro atoms. The van der Waals surface area contributed by atoms with Crippen LogP contribution in [0.3, 0.4) is 0 Å². The van der Waals surface area contributed by atoms with Gasteiger partial charge < -0.3 is 25.2 Å². The average molecular weight is 288 g/mol. The highest BCUT2D eigenvalue weighted by molar-refractivity contribution is 5.68. The number of amides is 1. The first-order valence-corrected chi connectivity index (χ1v) is 7.28. The Hall–Kier alpha value is -0.850. The Morgan fingerprint density at radius 3 is 2.30 bits per heavy atom. The summed E-state index contributed by atoms with van der Waals surface area (Å²) in [6.07, 6.45) is 1.58. The van der Waals surface area contributed by atoms with Gasteiger partial charge in [0, 0.05) is 13.1 Å². The number of nitrogens with zero attached hydrogens (tertiary/aromatic N) is 1. The normalized spacial score (nSPS) is 17.6. The van der Waals surface area contributed by atoms with E-state index in [2.05, 4.69) is 5.32 Å². The Morgan fingerprint density at radius 2 is 1.85 bits per heavy atom. The Balaban J connectivity index is 2.28. The molecule has 1 aliphatic rings. The molecule has 0 saturated carbocycles. The molecule has 1 fully saturated rings. The zero-order chi connectivity index (χ0) is 15.2. The lowest BCUT2D eigenvalue weighted by molar-refractivity contribution is 0.0182. The summed E-state index contributed by atoms with van der Waals surface area (Å²) in [5.74, 6) is 0.467. The highest BCUT2D eigenvalue weighted by Crippen LogP contribution is 2.19. The predicted octanol–water partition coefficient (Wildman–Crippen LogP) is 0.576. The van der Waals surface area contributed by atoms with Gasteiger partial charge in [0.1, 0.15) is 5.60 Å². The van der Waals surface area contributed by atoms with E-state index < -0.39 is 5.60 Å². The molecule has 0 unspecified atom stereocenters.